The molecule has 17 heavy (non-hydrogen) atoms. The van der Waals surface area contributed by atoms with Gasteiger partial charge in [-0.3, -0.25) is 5.10 Å². The van der Waals surface area contributed by atoms with Gasteiger partial charge >= 0.3 is 0 Å². The summed E-state index contributed by atoms with van der Waals surface area (Å²) in [6, 6.07) is 0. The molecule has 1 aromatic rings. The zero-order chi connectivity index (χ0) is 12.5. The van der Waals surface area contributed by atoms with Crippen molar-refractivity contribution in [3.05, 3.63) is 6.20 Å². The SMILES string of the molecule is CCC1CN(S(=O)(=O)c2cn[nH]c2N)CCO1. The highest BCUT2D eigenvalue weighted by molar-refractivity contribution is 7.89. The van der Waals surface area contributed by atoms with Gasteiger partial charge in [0.15, 0.2) is 0 Å². The number of aromatic amines is 1. The molecule has 1 saturated heterocycles. The molecule has 2 rings (SSSR count). The summed E-state index contributed by atoms with van der Waals surface area (Å²) in [6.45, 7) is 3.09. The number of rotatable bonds is 3. The second-order valence-corrected chi connectivity index (χ2v) is 5.82. The molecular weight excluding hydrogens is 244 g/mol. The fourth-order valence-electron chi connectivity index (χ4n) is 1.79. The van der Waals surface area contributed by atoms with Crippen LogP contribution in [0.15, 0.2) is 11.1 Å². The molecule has 7 nitrogen and oxygen atoms in total. The Balaban J connectivity index is 2.24. The van der Waals surface area contributed by atoms with E-state index in [0.29, 0.717) is 19.7 Å². The van der Waals surface area contributed by atoms with Gasteiger partial charge in [-0.05, 0) is 6.42 Å². The van der Waals surface area contributed by atoms with Gasteiger partial charge in [0.1, 0.15) is 10.7 Å². The van der Waals surface area contributed by atoms with Gasteiger partial charge in [0.25, 0.3) is 0 Å². The van der Waals surface area contributed by atoms with Gasteiger partial charge in [-0.2, -0.15) is 9.40 Å². The first-order valence-corrected chi connectivity index (χ1v) is 6.90. The smallest absolute Gasteiger partial charge is 0.248 e. The topological polar surface area (TPSA) is 101 Å². The van der Waals surface area contributed by atoms with Crippen molar-refractivity contribution in [2.45, 2.75) is 24.3 Å². The highest BCUT2D eigenvalue weighted by atomic mass is 32.2. The number of H-pyrrole nitrogens is 1. The van der Waals surface area contributed by atoms with E-state index in [1.807, 2.05) is 6.92 Å². The van der Waals surface area contributed by atoms with E-state index in [1.54, 1.807) is 0 Å². The zero-order valence-electron chi connectivity index (χ0n) is 9.59. The average molecular weight is 260 g/mol. The van der Waals surface area contributed by atoms with Crippen molar-refractivity contribution in [3.8, 4) is 0 Å². The number of hydrogen-bond donors (Lipinski definition) is 2. The van der Waals surface area contributed by atoms with E-state index in [-0.39, 0.29) is 16.8 Å². The number of nitrogens with two attached hydrogens (primary N) is 1. The Kier molecular flexibility index (Phi) is 3.36. The third-order valence-corrected chi connectivity index (χ3v) is 4.70. The molecule has 8 heteroatoms. The lowest BCUT2D eigenvalue weighted by atomic mass is 10.2. The summed E-state index contributed by atoms with van der Waals surface area (Å²) in [5.41, 5.74) is 5.55. The number of morpholine rings is 1. The lowest BCUT2D eigenvalue weighted by molar-refractivity contribution is -0.00276. The van der Waals surface area contributed by atoms with Crippen LogP contribution in [-0.4, -0.2) is 48.7 Å². The molecule has 1 atom stereocenters. The van der Waals surface area contributed by atoms with Crippen LogP contribution < -0.4 is 5.73 Å². The molecule has 0 spiro atoms. The second-order valence-electron chi connectivity index (χ2n) is 3.91. The summed E-state index contributed by atoms with van der Waals surface area (Å²) in [4.78, 5) is 0.0363. The molecule has 0 saturated carbocycles. The van der Waals surface area contributed by atoms with Crippen LogP contribution in [0.4, 0.5) is 5.82 Å². The van der Waals surface area contributed by atoms with Crippen LogP contribution in [0.1, 0.15) is 13.3 Å². The third-order valence-electron chi connectivity index (χ3n) is 2.81. The second kappa shape index (κ2) is 4.63. The summed E-state index contributed by atoms with van der Waals surface area (Å²) >= 11 is 0. The highest BCUT2D eigenvalue weighted by Crippen LogP contribution is 2.22. The predicted molar refractivity (Wildman–Crippen MR) is 61.8 cm³/mol. The number of nitrogens with one attached hydrogen (secondary N) is 1. The van der Waals surface area contributed by atoms with Gasteiger partial charge < -0.3 is 10.5 Å². The monoisotopic (exact) mass is 260 g/mol. The third kappa shape index (κ3) is 2.28. The Bertz CT molecular complexity index is 484. The molecule has 0 aromatic carbocycles. The minimum Gasteiger partial charge on any atom is -0.383 e. The van der Waals surface area contributed by atoms with Crippen molar-refractivity contribution in [2.75, 3.05) is 25.4 Å². The lowest BCUT2D eigenvalue weighted by Crippen LogP contribution is -2.45. The number of anilines is 1. The fraction of sp³-hybridized carbons (Fsp3) is 0.667. The molecule has 0 amide bonds. The maximum Gasteiger partial charge on any atom is 0.248 e. The van der Waals surface area contributed by atoms with Crippen LogP contribution in [0.25, 0.3) is 0 Å². The average Bonchev–Trinajstić information content (AvgIpc) is 2.76. The van der Waals surface area contributed by atoms with Crippen LogP contribution in [0, 0.1) is 0 Å². The van der Waals surface area contributed by atoms with Crippen LogP contribution in [0.5, 0.6) is 0 Å². The number of sulfonamides is 1. The number of nitrogens with zero attached hydrogens (tertiary/aromatic N) is 2. The Hall–Kier alpha value is -1.12. The minimum absolute atomic E-state index is 0.0363. The largest absolute Gasteiger partial charge is 0.383 e. The number of nitrogen functional groups attached to an aromatic ring is 1. The summed E-state index contributed by atoms with van der Waals surface area (Å²) in [6.07, 6.45) is 1.97. The molecule has 1 fully saturated rings. The van der Waals surface area contributed by atoms with Crippen LogP contribution in [0.3, 0.4) is 0 Å². The molecule has 1 aliphatic rings. The number of aromatic nitrogens is 2. The molecule has 0 aliphatic carbocycles. The van der Waals surface area contributed by atoms with E-state index >= 15 is 0 Å². The zero-order valence-corrected chi connectivity index (χ0v) is 10.4. The van der Waals surface area contributed by atoms with E-state index in [9.17, 15) is 8.42 Å². The van der Waals surface area contributed by atoms with Crippen molar-refractivity contribution in [1.29, 1.82) is 0 Å². The van der Waals surface area contributed by atoms with Crippen molar-refractivity contribution < 1.29 is 13.2 Å². The Morgan fingerprint density at radius 2 is 2.47 bits per heavy atom. The predicted octanol–water partition coefficient (Wildman–Crippen LogP) is -0.209. The molecule has 2 heterocycles. The normalized spacial score (nSPS) is 22.8. The standard InChI is InChI=1S/C9H16N4O3S/c1-2-7-6-13(3-4-16-7)17(14,15)8-5-11-12-9(8)10/h5,7H,2-4,6H2,1H3,(H3,10,11,12). The molecule has 0 bridgehead atoms. The van der Waals surface area contributed by atoms with Crippen molar-refractivity contribution in [1.82, 2.24) is 14.5 Å². The summed E-state index contributed by atoms with van der Waals surface area (Å²) < 4.78 is 31.4. The summed E-state index contributed by atoms with van der Waals surface area (Å²) in [5, 5.41) is 6.06. The number of ether oxygens (including phenoxy) is 1. The summed E-state index contributed by atoms with van der Waals surface area (Å²) in [5.74, 6) is 0.0736. The quantitative estimate of drug-likeness (QED) is 0.783. The lowest BCUT2D eigenvalue weighted by Gasteiger charge is -2.31. The molecular formula is C9H16N4O3S. The van der Waals surface area contributed by atoms with Crippen molar-refractivity contribution >= 4 is 15.8 Å². The Morgan fingerprint density at radius 3 is 3.06 bits per heavy atom. The fourth-order valence-corrected chi connectivity index (χ4v) is 3.25. The van der Waals surface area contributed by atoms with E-state index in [2.05, 4.69) is 10.2 Å². The first-order valence-electron chi connectivity index (χ1n) is 5.46. The Labute approximate surface area is 100.0 Å². The molecule has 1 aromatic heterocycles. The molecule has 96 valence electrons. The van der Waals surface area contributed by atoms with Gasteiger partial charge in [0.05, 0.1) is 18.9 Å². The van der Waals surface area contributed by atoms with Crippen LogP contribution in [0.2, 0.25) is 0 Å². The van der Waals surface area contributed by atoms with Crippen molar-refractivity contribution in [3.63, 3.8) is 0 Å². The summed E-state index contributed by atoms with van der Waals surface area (Å²) in [7, 11) is -3.56. The van der Waals surface area contributed by atoms with Crippen LogP contribution >= 0.6 is 0 Å². The highest BCUT2D eigenvalue weighted by Gasteiger charge is 2.32. The maximum atomic E-state index is 12.3. The Morgan fingerprint density at radius 1 is 1.71 bits per heavy atom. The molecule has 1 unspecified atom stereocenters. The van der Waals surface area contributed by atoms with E-state index < -0.39 is 10.0 Å². The molecule has 1 aliphatic heterocycles. The first-order chi connectivity index (χ1) is 8.05. The van der Waals surface area contributed by atoms with Crippen LogP contribution in [-0.2, 0) is 14.8 Å². The molecule has 0 radical (unpaired) electrons. The number of hydrogen-bond acceptors (Lipinski definition) is 5. The van der Waals surface area contributed by atoms with E-state index in [1.165, 1.54) is 10.5 Å². The minimum atomic E-state index is -3.56. The first kappa shape index (κ1) is 12.3. The maximum absolute atomic E-state index is 12.3. The molecule has 3 N–H and O–H groups in total. The van der Waals surface area contributed by atoms with Gasteiger partial charge in [0, 0.05) is 13.1 Å². The van der Waals surface area contributed by atoms with E-state index in [0.717, 1.165) is 6.42 Å². The van der Waals surface area contributed by atoms with Gasteiger partial charge in [-0.25, -0.2) is 8.42 Å². The van der Waals surface area contributed by atoms with Gasteiger partial charge in [-0.1, -0.05) is 6.92 Å². The van der Waals surface area contributed by atoms with Crippen molar-refractivity contribution in [2.24, 2.45) is 0 Å². The van der Waals surface area contributed by atoms with Gasteiger partial charge in [0.2, 0.25) is 10.0 Å². The van der Waals surface area contributed by atoms with Gasteiger partial charge in [-0.15, -0.1) is 0 Å². The van der Waals surface area contributed by atoms with E-state index in [4.69, 9.17) is 10.5 Å².